The van der Waals surface area contributed by atoms with Gasteiger partial charge in [0.2, 0.25) is 0 Å². The first-order valence-corrected chi connectivity index (χ1v) is 9.51. The maximum Gasteiger partial charge on any atom is 0.319 e. The number of methoxy groups -OCH3 is 2. The van der Waals surface area contributed by atoms with Crippen molar-refractivity contribution >= 4 is 11.7 Å². The van der Waals surface area contributed by atoms with Crippen molar-refractivity contribution < 1.29 is 14.3 Å². The summed E-state index contributed by atoms with van der Waals surface area (Å²) in [5.74, 6) is 1.34. The van der Waals surface area contributed by atoms with Crippen molar-refractivity contribution in [3.05, 3.63) is 71.0 Å². The van der Waals surface area contributed by atoms with Gasteiger partial charge >= 0.3 is 6.03 Å². The Balaban J connectivity index is 1.54. The number of aromatic nitrogens is 2. The number of nitrogens with one attached hydrogen (secondary N) is 2. The number of rotatable bonds is 8. The van der Waals surface area contributed by atoms with Gasteiger partial charge in [0.25, 0.3) is 5.56 Å². The Morgan fingerprint density at radius 1 is 1.00 bits per heavy atom. The first-order chi connectivity index (χ1) is 14.6. The molecule has 30 heavy (non-hydrogen) atoms. The summed E-state index contributed by atoms with van der Waals surface area (Å²) in [7, 11) is 3.15. The number of hydrogen-bond donors (Lipinski definition) is 2. The molecule has 0 spiro atoms. The van der Waals surface area contributed by atoms with Crippen LogP contribution in [0.2, 0.25) is 0 Å². The van der Waals surface area contributed by atoms with Crippen molar-refractivity contribution in [3.8, 4) is 22.8 Å². The van der Waals surface area contributed by atoms with Crippen LogP contribution in [0.25, 0.3) is 11.3 Å². The molecule has 8 nitrogen and oxygen atoms in total. The molecule has 3 rings (SSSR count). The van der Waals surface area contributed by atoms with E-state index in [2.05, 4.69) is 15.7 Å². The third kappa shape index (κ3) is 5.38. The summed E-state index contributed by atoms with van der Waals surface area (Å²) < 4.78 is 11.8. The van der Waals surface area contributed by atoms with Crippen LogP contribution in [0.5, 0.6) is 11.5 Å². The highest BCUT2D eigenvalue weighted by Crippen LogP contribution is 2.22. The third-order valence-corrected chi connectivity index (χ3v) is 4.44. The lowest BCUT2D eigenvalue weighted by Gasteiger charge is -2.11. The molecule has 0 fully saturated rings. The lowest BCUT2D eigenvalue weighted by Crippen LogP contribution is -2.31. The maximum absolute atomic E-state index is 12.1. The van der Waals surface area contributed by atoms with Crippen LogP contribution in [-0.4, -0.2) is 36.6 Å². The Morgan fingerprint density at radius 3 is 2.50 bits per heavy atom. The van der Waals surface area contributed by atoms with E-state index in [1.54, 1.807) is 32.4 Å². The summed E-state index contributed by atoms with van der Waals surface area (Å²) in [5, 5.41) is 9.93. The number of para-hydroxylation sites is 2. The van der Waals surface area contributed by atoms with Gasteiger partial charge in [0.05, 0.1) is 25.6 Å². The Morgan fingerprint density at radius 2 is 1.77 bits per heavy atom. The third-order valence-electron chi connectivity index (χ3n) is 4.44. The van der Waals surface area contributed by atoms with Crippen LogP contribution in [0.1, 0.15) is 6.42 Å². The average molecular weight is 408 g/mol. The van der Waals surface area contributed by atoms with Crippen molar-refractivity contribution in [2.45, 2.75) is 13.0 Å². The van der Waals surface area contributed by atoms with Crippen LogP contribution in [0.15, 0.2) is 65.5 Å². The molecule has 0 aliphatic rings. The van der Waals surface area contributed by atoms with E-state index in [1.165, 1.54) is 10.7 Å². The number of benzene rings is 2. The first-order valence-electron chi connectivity index (χ1n) is 9.51. The van der Waals surface area contributed by atoms with Gasteiger partial charge in [0.1, 0.15) is 11.5 Å². The number of carbonyl (C=O) groups excluding carboxylic acids is 1. The molecule has 0 atom stereocenters. The Kier molecular flexibility index (Phi) is 7.05. The van der Waals surface area contributed by atoms with Gasteiger partial charge in [-0.1, -0.05) is 12.1 Å². The van der Waals surface area contributed by atoms with Crippen molar-refractivity contribution in [2.24, 2.45) is 0 Å². The van der Waals surface area contributed by atoms with Crippen LogP contribution in [0, 0.1) is 0 Å². The molecular weight excluding hydrogens is 384 g/mol. The lowest BCUT2D eigenvalue weighted by molar-refractivity contribution is 0.251. The number of anilines is 1. The van der Waals surface area contributed by atoms with Crippen LogP contribution >= 0.6 is 0 Å². The van der Waals surface area contributed by atoms with Gasteiger partial charge in [-0.3, -0.25) is 4.79 Å². The SMILES string of the molecule is COc1ccc(-c2ccc(=O)n(CCCNC(=O)Nc3ccccc3OC)n2)cc1. The summed E-state index contributed by atoms with van der Waals surface area (Å²) in [6, 6.07) is 17.5. The molecule has 0 saturated heterocycles. The van der Waals surface area contributed by atoms with E-state index in [1.807, 2.05) is 36.4 Å². The summed E-state index contributed by atoms with van der Waals surface area (Å²) in [5.41, 5.74) is 1.98. The molecule has 1 aromatic heterocycles. The zero-order valence-electron chi connectivity index (χ0n) is 16.9. The second-order valence-corrected chi connectivity index (χ2v) is 6.44. The van der Waals surface area contributed by atoms with Crippen LogP contribution in [0.3, 0.4) is 0 Å². The molecule has 2 N–H and O–H groups in total. The molecule has 0 aliphatic carbocycles. The van der Waals surface area contributed by atoms with E-state index in [-0.39, 0.29) is 11.6 Å². The predicted octanol–water partition coefficient (Wildman–Crippen LogP) is 3.14. The van der Waals surface area contributed by atoms with Crippen molar-refractivity contribution in [1.29, 1.82) is 0 Å². The average Bonchev–Trinajstić information content (AvgIpc) is 2.78. The minimum absolute atomic E-state index is 0.189. The van der Waals surface area contributed by atoms with Crippen LogP contribution in [0.4, 0.5) is 10.5 Å². The van der Waals surface area contributed by atoms with Gasteiger partial charge in [-0.25, -0.2) is 9.48 Å². The second kappa shape index (κ2) is 10.1. The van der Waals surface area contributed by atoms with E-state index in [0.717, 1.165) is 11.3 Å². The molecular formula is C22H24N4O4. The summed E-state index contributed by atoms with van der Waals surface area (Å²) in [6.45, 7) is 0.777. The quantitative estimate of drug-likeness (QED) is 0.559. The number of carbonyl (C=O) groups is 1. The normalized spacial score (nSPS) is 10.3. The van der Waals surface area contributed by atoms with Crippen molar-refractivity contribution in [3.63, 3.8) is 0 Å². The summed E-state index contributed by atoms with van der Waals surface area (Å²) in [6.07, 6.45) is 0.554. The smallest absolute Gasteiger partial charge is 0.319 e. The molecule has 0 radical (unpaired) electrons. The monoisotopic (exact) mass is 408 g/mol. The van der Waals surface area contributed by atoms with E-state index in [9.17, 15) is 9.59 Å². The minimum Gasteiger partial charge on any atom is -0.497 e. The molecule has 1 heterocycles. The highest BCUT2D eigenvalue weighted by Gasteiger charge is 2.07. The van der Waals surface area contributed by atoms with Gasteiger partial charge in [0.15, 0.2) is 0 Å². The first kappa shape index (κ1) is 20.9. The van der Waals surface area contributed by atoms with Crippen LogP contribution < -0.4 is 25.7 Å². The topological polar surface area (TPSA) is 94.5 Å². The second-order valence-electron chi connectivity index (χ2n) is 6.44. The van der Waals surface area contributed by atoms with Crippen molar-refractivity contribution in [1.82, 2.24) is 15.1 Å². The zero-order valence-corrected chi connectivity index (χ0v) is 16.9. The molecule has 0 saturated carbocycles. The van der Waals surface area contributed by atoms with Gasteiger partial charge < -0.3 is 20.1 Å². The Labute approximate surface area is 174 Å². The molecule has 156 valence electrons. The van der Waals surface area contributed by atoms with Crippen LogP contribution in [-0.2, 0) is 6.54 Å². The van der Waals surface area contributed by atoms with E-state index < -0.39 is 0 Å². The number of aryl methyl sites for hydroxylation is 1. The molecule has 0 bridgehead atoms. The fourth-order valence-electron chi connectivity index (χ4n) is 2.87. The number of hydrogen-bond acceptors (Lipinski definition) is 5. The van der Waals surface area contributed by atoms with Gasteiger partial charge in [0, 0.05) is 24.7 Å². The fourth-order valence-corrected chi connectivity index (χ4v) is 2.87. The van der Waals surface area contributed by atoms with E-state index in [0.29, 0.717) is 36.6 Å². The molecule has 0 aliphatic heterocycles. The standard InChI is InChI=1S/C22H24N4O4/c1-29-17-10-8-16(9-11-17)18-12-13-21(27)26(25-18)15-5-14-23-22(28)24-19-6-3-4-7-20(19)30-2/h3-4,6-13H,5,14-15H2,1-2H3,(H2,23,24,28). The summed E-state index contributed by atoms with van der Waals surface area (Å²) in [4.78, 5) is 24.2. The number of amides is 2. The molecule has 2 amide bonds. The minimum atomic E-state index is -0.341. The van der Waals surface area contributed by atoms with Gasteiger partial charge in [-0.2, -0.15) is 5.10 Å². The Hall–Kier alpha value is -3.81. The summed E-state index contributed by atoms with van der Waals surface area (Å²) >= 11 is 0. The fraction of sp³-hybridized carbons (Fsp3) is 0.227. The van der Waals surface area contributed by atoms with Gasteiger partial charge in [-0.05, 0) is 48.9 Å². The van der Waals surface area contributed by atoms with Gasteiger partial charge in [-0.15, -0.1) is 0 Å². The number of urea groups is 1. The largest absolute Gasteiger partial charge is 0.497 e. The van der Waals surface area contributed by atoms with E-state index in [4.69, 9.17) is 9.47 Å². The van der Waals surface area contributed by atoms with E-state index >= 15 is 0 Å². The molecule has 3 aromatic rings. The predicted molar refractivity (Wildman–Crippen MR) is 115 cm³/mol. The zero-order chi connectivity index (χ0) is 21.3. The molecule has 8 heteroatoms. The highest BCUT2D eigenvalue weighted by atomic mass is 16.5. The Bertz CT molecular complexity index is 1050. The lowest BCUT2D eigenvalue weighted by atomic mass is 10.1. The van der Waals surface area contributed by atoms with Crippen molar-refractivity contribution in [2.75, 3.05) is 26.1 Å². The number of nitrogens with zero attached hydrogens (tertiary/aromatic N) is 2. The highest BCUT2D eigenvalue weighted by molar-refractivity contribution is 5.90. The molecule has 2 aromatic carbocycles. The maximum atomic E-state index is 12.1. The molecule has 0 unspecified atom stereocenters. The number of ether oxygens (including phenoxy) is 2.